The molecular formula is C17H16F3N3O3. The number of nitrogens with one attached hydrogen (secondary N) is 1. The minimum absolute atomic E-state index is 0.0128. The average molecular weight is 367 g/mol. The zero-order valence-electron chi connectivity index (χ0n) is 13.8. The van der Waals surface area contributed by atoms with Gasteiger partial charge in [0.2, 0.25) is 0 Å². The number of ketones is 1. The number of benzene rings is 1. The number of Topliss-reactive ketones (excluding diaryl/α,β-unsaturated/α-hetero) is 1. The molecule has 1 aromatic carbocycles. The molecule has 0 unspecified atom stereocenters. The number of hydrogen-bond donors (Lipinski definition) is 1. The van der Waals surface area contributed by atoms with Gasteiger partial charge in [0.1, 0.15) is 23.1 Å². The summed E-state index contributed by atoms with van der Waals surface area (Å²) in [7, 11) is 0. The molecule has 0 radical (unpaired) electrons. The van der Waals surface area contributed by atoms with Crippen molar-refractivity contribution in [3.8, 4) is 5.75 Å². The smallest absolute Gasteiger partial charge is 0.406 e. The largest absolute Gasteiger partial charge is 0.573 e. The molecule has 0 saturated carbocycles. The van der Waals surface area contributed by atoms with Crippen molar-refractivity contribution in [3.05, 3.63) is 53.6 Å². The molecule has 9 heteroatoms. The summed E-state index contributed by atoms with van der Waals surface area (Å²) in [6, 6.07) is 6.67. The molecule has 1 N–H and O–H groups in total. The molecule has 1 aromatic heterocycles. The Morgan fingerprint density at radius 2 is 2.00 bits per heavy atom. The Labute approximate surface area is 147 Å². The van der Waals surface area contributed by atoms with Gasteiger partial charge >= 0.3 is 6.36 Å². The Morgan fingerprint density at radius 1 is 1.23 bits per heavy atom. The summed E-state index contributed by atoms with van der Waals surface area (Å²) in [5, 5.41) is 2.55. The monoisotopic (exact) mass is 367 g/mol. The first-order valence-corrected chi connectivity index (χ1v) is 7.73. The van der Waals surface area contributed by atoms with Crippen LogP contribution in [0.1, 0.15) is 35.2 Å². The number of carbonyl (C=O) groups is 2. The number of alkyl halides is 3. The van der Waals surface area contributed by atoms with E-state index < -0.39 is 12.3 Å². The van der Waals surface area contributed by atoms with E-state index in [1.165, 1.54) is 30.5 Å². The summed E-state index contributed by atoms with van der Waals surface area (Å²) in [6.07, 6.45) is -3.03. The molecule has 1 amide bonds. The van der Waals surface area contributed by atoms with Crippen LogP contribution in [0.15, 0.2) is 36.5 Å². The van der Waals surface area contributed by atoms with Gasteiger partial charge in [-0.15, -0.1) is 13.2 Å². The third-order valence-electron chi connectivity index (χ3n) is 3.27. The third-order valence-corrected chi connectivity index (χ3v) is 3.27. The highest BCUT2D eigenvalue weighted by atomic mass is 19.4. The van der Waals surface area contributed by atoms with E-state index in [-0.39, 0.29) is 36.0 Å². The molecular weight excluding hydrogens is 351 g/mol. The number of rotatable bonds is 7. The molecule has 0 atom stereocenters. The molecule has 2 aromatic rings. The van der Waals surface area contributed by atoms with Crippen LogP contribution in [0.25, 0.3) is 0 Å². The maximum Gasteiger partial charge on any atom is 0.573 e. The quantitative estimate of drug-likeness (QED) is 0.814. The lowest BCUT2D eigenvalue weighted by atomic mass is 10.2. The van der Waals surface area contributed by atoms with E-state index in [0.29, 0.717) is 12.0 Å². The maximum atomic E-state index is 12.2. The molecule has 26 heavy (non-hydrogen) atoms. The van der Waals surface area contributed by atoms with Crippen LogP contribution in [-0.4, -0.2) is 28.0 Å². The fraction of sp³-hybridized carbons (Fsp3) is 0.294. The summed E-state index contributed by atoms with van der Waals surface area (Å²) in [5.74, 6) is -0.708. The number of nitrogens with zero attached hydrogens (tertiary/aromatic N) is 2. The summed E-state index contributed by atoms with van der Waals surface area (Å²) in [6.45, 7) is 1.70. The number of ether oxygens (including phenoxy) is 1. The van der Waals surface area contributed by atoms with Crippen LogP contribution in [0.5, 0.6) is 5.75 Å². The van der Waals surface area contributed by atoms with Crippen molar-refractivity contribution in [1.29, 1.82) is 0 Å². The van der Waals surface area contributed by atoms with E-state index in [0.717, 1.165) is 0 Å². The highest BCUT2D eigenvalue weighted by Crippen LogP contribution is 2.23. The third kappa shape index (κ3) is 6.15. The van der Waals surface area contributed by atoms with Gasteiger partial charge in [-0.2, -0.15) is 0 Å². The van der Waals surface area contributed by atoms with Crippen molar-refractivity contribution >= 4 is 11.7 Å². The van der Waals surface area contributed by atoms with Gasteiger partial charge in [-0.05, 0) is 23.8 Å². The molecule has 0 aliphatic carbocycles. The van der Waals surface area contributed by atoms with Crippen LogP contribution in [0.4, 0.5) is 13.2 Å². The van der Waals surface area contributed by atoms with Crippen molar-refractivity contribution in [1.82, 2.24) is 15.3 Å². The summed E-state index contributed by atoms with van der Waals surface area (Å²) in [5.41, 5.74) is 0.497. The van der Waals surface area contributed by atoms with E-state index in [9.17, 15) is 22.8 Å². The van der Waals surface area contributed by atoms with E-state index in [1.54, 1.807) is 13.0 Å². The fourth-order valence-electron chi connectivity index (χ4n) is 2.04. The highest BCUT2D eigenvalue weighted by Gasteiger charge is 2.31. The zero-order chi connectivity index (χ0) is 19.2. The maximum absolute atomic E-state index is 12.2. The molecule has 138 valence electrons. The molecule has 0 bridgehead atoms. The highest BCUT2D eigenvalue weighted by molar-refractivity contribution is 5.92. The minimum Gasteiger partial charge on any atom is -0.406 e. The first-order chi connectivity index (χ1) is 12.3. The summed E-state index contributed by atoms with van der Waals surface area (Å²) >= 11 is 0. The SMILES string of the molecule is CCC(=O)Cc1nccc(C(=O)NCc2cccc(OC(F)(F)F)c2)n1. The van der Waals surface area contributed by atoms with Crippen LogP contribution >= 0.6 is 0 Å². The normalized spacial score (nSPS) is 11.1. The Morgan fingerprint density at radius 3 is 2.69 bits per heavy atom. The topological polar surface area (TPSA) is 81.2 Å². The standard InChI is InChI=1S/C17H16F3N3O3/c1-2-12(24)9-15-21-7-6-14(23-15)16(25)22-10-11-4-3-5-13(8-11)26-17(18,19)20/h3-8H,2,9-10H2,1H3,(H,22,25). The predicted molar refractivity (Wildman–Crippen MR) is 85.3 cm³/mol. The number of aromatic nitrogens is 2. The molecule has 1 heterocycles. The van der Waals surface area contributed by atoms with Crippen LogP contribution in [0.3, 0.4) is 0 Å². The first-order valence-electron chi connectivity index (χ1n) is 7.73. The Kier molecular flexibility index (Phi) is 6.26. The van der Waals surface area contributed by atoms with E-state index in [4.69, 9.17) is 0 Å². The van der Waals surface area contributed by atoms with Gasteiger partial charge in [-0.3, -0.25) is 9.59 Å². The van der Waals surface area contributed by atoms with Crippen LogP contribution in [-0.2, 0) is 17.8 Å². The second kappa shape index (κ2) is 8.41. The molecule has 0 fully saturated rings. The molecule has 0 aliphatic heterocycles. The lowest BCUT2D eigenvalue weighted by Gasteiger charge is -2.10. The molecule has 0 saturated heterocycles. The molecule has 2 rings (SSSR count). The lowest BCUT2D eigenvalue weighted by molar-refractivity contribution is -0.274. The van der Waals surface area contributed by atoms with E-state index in [1.807, 2.05) is 0 Å². The van der Waals surface area contributed by atoms with Crippen molar-refractivity contribution in [2.75, 3.05) is 0 Å². The van der Waals surface area contributed by atoms with Crippen molar-refractivity contribution in [3.63, 3.8) is 0 Å². The van der Waals surface area contributed by atoms with Gasteiger partial charge in [0.15, 0.2) is 0 Å². The van der Waals surface area contributed by atoms with Crippen LogP contribution in [0, 0.1) is 0 Å². The number of carbonyl (C=O) groups excluding carboxylic acids is 2. The Balaban J connectivity index is 1.99. The van der Waals surface area contributed by atoms with Gasteiger partial charge in [-0.25, -0.2) is 9.97 Å². The Hall–Kier alpha value is -2.97. The van der Waals surface area contributed by atoms with Crippen molar-refractivity contribution in [2.45, 2.75) is 32.7 Å². The average Bonchev–Trinajstić information content (AvgIpc) is 2.58. The minimum atomic E-state index is -4.78. The first kappa shape index (κ1) is 19.4. The summed E-state index contributed by atoms with van der Waals surface area (Å²) < 4.78 is 40.5. The molecule has 0 spiro atoms. The van der Waals surface area contributed by atoms with Crippen molar-refractivity contribution in [2.24, 2.45) is 0 Å². The summed E-state index contributed by atoms with van der Waals surface area (Å²) in [4.78, 5) is 31.5. The second-order valence-electron chi connectivity index (χ2n) is 5.30. The van der Waals surface area contributed by atoms with Gasteiger partial charge in [-0.1, -0.05) is 19.1 Å². The number of amides is 1. The van der Waals surface area contributed by atoms with Gasteiger partial charge in [0.25, 0.3) is 5.91 Å². The lowest BCUT2D eigenvalue weighted by Crippen LogP contribution is -2.24. The van der Waals surface area contributed by atoms with E-state index in [2.05, 4.69) is 20.0 Å². The van der Waals surface area contributed by atoms with Gasteiger partial charge in [0.05, 0.1) is 6.42 Å². The zero-order valence-corrected chi connectivity index (χ0v) is 13.8. The Bertz CT molecular complexity index is 794. The number of halogens is 3. The molecule has 6 nitrogen and oxygen atoms in total. The predicted octanol–water partition coefficient (Wildman–Crippen LogP) is 2.83. The second-order valence-corrected chi connectivity index (χ2v) is 5.30. The van der Waals surface area contributed by atoms with E-state index >= 15 is 0 Å². The van der Waals surface area contributed by atoms with Crippen molar-refractivity contribution < 1.29 is 27.5 Å². The van der Waals surface area contributed by atoms with Crippen LogP contribution in [0.2, 0.25) is 0 Å². The fourth-order valence-corrected chi connectivity index (χ4v) is 2.04. The molecule has 0 aliphatic rings. The number of hydrogen-bond acceptors (Lipinski definition) is 5. The van der Waals surface area contributed by atoms with Gasteiger partial charge < -0.3 is 10.1 Å². The van der Waals surface area contributed by atoms with Crippen LogP contribution < -0.4 is 10.1 Å². The van der Waals surface area contributed by atoms with Gasteiger partial charge in [0, 0.05) is 19.2 Å².